The Balaban J connectivity index is 2.33. The van der Waals surface area contributed by atoms with E-state index >= 15 is 0 Å². The second-order valence-electron chi connectivity index (χ2n) is 3.31. The van der Waals surface area contributed by atoms with Crippen LogP contribution in [0.3, 0.4) is 0 Å². The molecule has 0 saturated heterocycles. The molecule has 14 heavy (non-hydrogen) atoms. The number of carbonyl (C=O) groups is 1. The number of hydrogen-bond donors (Lipinski definition) is 0. The Morgan fingerprint density at radius 1 is 1.36 bits per heavy atom. The quantitative estimate of drug-likeness (QED) is 0.685. The first-order valence-corrected chi connectivity index (χ1v) is 4.64. The zero-order valence-electron chi connectivity index (χ0n) is 8.08. The molecule has 1 heterocycles. The van der Waals surface area contributed by atoms with E-state index in [1.807, 2.05) is 19.1 Å². The smallest absolute Gasteiger partial charge is 0.231 e. The summed E-state index contributed by atoms with van der Waals surface area (Å²) in [5.74, 6) is 1.64. The highest BCUT2D eigenvalue weighted by Crippen LogP contribution is 2.38. The van der Waals surface area contributed by atoms with E-state index in [2.05, 4.69) is 0 Å². The maximum Gasteiger partial charge on any atom is 0.231 e. The molecule has 1 aliphatic heterocycles. The second kappa shape index (κ2) is 3.70. The van der Waals surface area contributed by atoms with Gasteiger partial charge in [-0.05, 0) is 24.5 Å². The van der Waals surface area contributed by atoms with Gasteiger partial charge < -0.3 is 14.3 Å². The van der Waals surface area contributed by atoms with Gasteiger partial charge in [0, 0.05) is 6.42 Å². The maximum absolute atomic E-state index is 10.3. The fourth-order valence-corrected chi connectivity index (χ4v) is 1.60. The topological polar surface area (TPSA) is 35.5 Å². The number of benzene rings is 1. The third-order valence-electron chi connectivity index (χ3n) is 2.33. The third-order valence-corrected chi connectivity index (χ3v) is 2.33. The minimum atomic E-state index is 0.286. The Labute approximate surface area is 82.6 Å². The van der Waals surface area contributed by atoms with Crippen molar-refractivity contribution in [2.24, 2.45) is 0 Å². The van der Waals surface area contributed by atoms with E-state index in [9.17, 15) is 4.79 Å². The molecule has 0 spiro atoms. The van der Waals surface area contributed by atoms with Crippen molar-refractivity contribution < 1.29 is 14.3 Å². The molecule has 0 unspecified atom stereocenters. The molecule has 0 atom stereocenters. The van der Waals surface area contributed by atoms with Crippen LogP contribution in [0.15, 0.2) is 12.1 Å². The van der Waals surface area contributed by atoms with Gasteiger partial charge in [-0.2, -0.15) is 0 Å². The lowest BCUT2D eigenvalue weighted by Gasteiger charge is -2.05. The minimum absolute atomic E-state index is 0.286. The zero-order chi connectivity index (χ0) is 9.97. The van der Waals surface area contributed by atoms with E-state index in [4.69, 9.17) is 9.47 Å². The minimum Gasteiger partial charge on any atom is -0.453 e. The summed E-state index contributed by atoms with van der Waals surface area (Å²) in [6.45, 7) is 2.27. The average Bonchev–Trinajstić information content (AvgIpc) is 2.66. The lowest BCUT2D eigenvalue weighted by atomic mass is 10.1. The van der Waals surface area contributed by atoms with E-state index in [1.54, 1.807) is 0 Å². The van der Waals surface area contributed by atoms with Crippen molar-refractivity contribution in [1.82, 2.24) is 0 Å². The summed E-state index contributed by atoms with van der Waals surface area (Å²) in [5.41, 5.74) is 2.13. The van der Waals surface area contributed by atoms with Crippen LogP contribution in [0.25, 0.3) is 0 Å². The second-order valence-corrected chi connectivity index (χ2v) is 3.31. The van der Waals surface area contributed by atoms with Crippen LogP contribution >= 0.6 is 0 Å². The Morgan fingerprint density at radius 2 is 2.14 bits per heavy atom. The Hall–Kier alpha value is -1.51. The molecular weight excluding hydrogens is 180 g/mol. The zero-order valence-corrected chi connectivity index (χ0v) is 8.08. The maximum atomic E-state index is 10.3. The van der Waals surface area contributed by atoms with Gasteiger partial charge in [0.25, 0.3) is 0 Å². The molecule has 0 fully saturated rings. The van der Waals surface area contributed by atoms with E-state index in [1.165, 1.54) is 0 Å². The van der Waals surface area contributed by atoms with Crippen molar-refractivity contribution >= 4 is 6.29 Å². The number of ether oxygens (including phenoxy) is 2. The average molecular weight is 192 g/mol. The fourth-order valence-electron chi connectivity index (χ4n) is 1.60. The Bertz CT molecular complexity index is 358. The molecule has 1 aromatic carbocycles. The van der Waals surface area contributed by atoms with Crippen molar-refractivity contribution in [2.75, 3.05) is 6.79 Å². The lowest BCUT2D eigenvalue weighted by Crippen LogP contribution is -1.94. The van der Waals surface area contributed by atoms with E-state index in [0.717, 1.165) is 35.3 Å². The summed E-state index contributed by atoms with van der Waals surface area (Å²) in [6.07, 6.45) is 2.16. The van der Waals surface area contributed by atoms with Crippen LogP contribution in [0.5, 0.6) is 11.5 Å². The molecule has 1 aromatic rings. The molecule has 2 rings (SSSR count). The molecule has 0 amide bonds. The van der Waals surface area contributed by atoms with Crippen LogP contribution in [-0.2, 0) is 11.2 Å². The van der Waals surface area contributed by atoms with Crippen LogP contribution in [-0.4, -0.2) is 13.1 Å². The van der Waals surface area contributed by atoms with Gasteiger partial charge in [0.05, 0.1) is 0 Å². The number of aldehydes is 1. The highest BCUT2D eigenvalue weighted by atomic mass is 16.7. The largest absolute Gasteiger partial charge is 0.453 e. The van der Waals surface area contributed by atoms with Crippen LogP contribution in [0.4, 0.5) is 0 Å². The van der Waals surface area contributed by atoms with E-state index < -0.39 is 0 Å². The predicted octanol–water partition coefficient (Wildman–Crippen LogP) is 1.86. The number of aryl methyl sites for hydroxylation is 2. The molecule has 0 aromatic heterocycles. The van der Waals surface area contributed by atoms with Crippen molar-refractivity contribution in [3.63, 3.8) is 0 Å². The molecule has 0 N–H and O–H groups in total. The van der Waals surface area contributed by atoms with Crippen molar-refractivity contribution in [3.05, 3.63) is 23.3 Å². The first-order chi connectivity index (χ1) is 6.83. The summed E-state index contributed by atoms with van der Waals surface area (Å²) in [4.78, 5) is 10.3. The van der Waals surface area contributed by atoms with Crippen molar-refractivity contribution in [1.29, 1.82) is 0 Å². The van der Waals surface area contributed by atoms with Crippen LogP contribution in [0.2, 0.25) is 0 Å². The lowest BCUT2D eigenvalue weighted by molar-refractivity contribution is -0.107. The first kappa shape index (κ1) is 9.06. The van der Waals surface area contributed by atoms with Gasteiger partial charge in [0.15, 0.2) is 11.5 Å². The standard InChI is InChI=1S/C11H12O3/c1-8-4-5-9(3-2-6-12)11-10(8)13-7-14-11/h4-6H,2-3,7H2,1H3. The summed E-state index contributed by atoms with van der Waals surface area (Å²) >= 11 is 0. The Morgan fingerprint density at radius 3 is 2.93 bits per heavy atom. The SMILES string of the molecule is Cc1ccc(CCC=O)c2c1OCO2. The molecule has 0 aliphatic carbocycles. The molecular formula is C11H12O3. The van der Waals surface area contributed by atoms with Gasteiger partial charge in [0.2, 0.25) is 6.79 Å². The molecule has 3 heteroatoms. The van der Waals surface area contributed by atoms with Gasteiger partial charge >= 0.3 is 0 Å². The number of fused-ring (bicyclic) bond motifs is 1. The van der Waals surface area contributed by atoms with Crippen LogP contribution in [0, 0.1) is 6.92 Å². The highest BCUT2D eigenvalue weighted by molar-refractivity contribution is 5.55. The molecule has 0 radical (unpaired) electrons. The highest BCUT2D eigenvalue weighted by Gasteiger charge is 2.19. The molecule has 0 saturated carbocycles. The van der Waals surface area contributed by atoms with Gasteiger partial charge in [-0.3, -0.25) is 0 Å². The summed E-state index contributed by atoms with van der Waals surface area (Å²) < 4.78 is 10.7. The Kier molecular flexibility index (Phi) is 2.39. The monoisotopic (exact) mass is 192 g/mol. The molecule has 74 valence electrons. The van der Waals surface area contributed by atoms with Crippen molar-refractivity contribution in [3.8, 4) is 11.5 Å². The molecule has 0 bridgehead atoms. The first-order valence-electron chi connectivity index (χ1n) is 4.64. The fraction of sp³-hybridized carbons (Fsp3) is 0.364. The molecule has 1 aliphatic rings. The third kappa shape index (κ3) is 1.45. The normalized spacial score (nSPS) is 12.9. The van der Waals surface area contributed by atoms with Crippen LogP contribution < -0.4 is 9.47 Å². The van der Waals surface area contributed by atoms with Gasteiger partial charge in [-0.25, -0.2) is 0 Å². The van der Waals surface area contributed by atoms with Gasteiger partial charge in [0.1, 0.15) is 6.29 Å². The van der Waals surface area contributed by atoms with E-state index in [-0.39, 0.29) is 6.79 Å². The summed E-state index contributed by atoms with van der Waals surface area (Å²) in [7, 11) is 0. The predicted molar refractivity (Wildman–Crippen MR) is 51.7 cm³/mol. The van der Waals surface area contributed by atoms with Gasteiger partial charge in [-0.15, -0.1) is 0 Å². The summed E-state index contributed by atoms with van der Waals surface area (Å²) in [6, 6.07) is 3.99. The van der Waals surface area contributed by atoms with Crippen molar-refractivity contribution in [2.45, 2.75) is 19.8 Å². The summed E-state index contributed by atoms with van der Waals surface area (Å²) in [5, 5.41) is 0. The van der Waals surface area contributed by atoms with Crippen LogP contribution in [0.1, 0.15) is 17.5 Å². The number of carbonyl (C=O) groups excluding carboxylic acids is 1. The number of hydrogen-bond acceptors (Lipinski definition) is 3. The number of rotatable bonds is 3. The van der Waals surface area contributed by atoms with E-state index in [0.29, 0.717) is 6.42 Å². The molecule has 3 nitrogen and oxygen atoms in total. The van der Waals surface area contributed by atoms with Gasteiger partial charge in [-0.1, -0.05) is 12.1 Å².